The number of aryl methyl sites for hydroxylation is 1. The average molecular weight is 483 g/mol. The first-order chi connectivity index (χ1) is 16.2. The predicted molar refractivity (Wildman–Crippen MR) is 134 cm³/mol. The van der Waals surface area contributed by atoms with E-state index in [-0.39, 0.29) is 52.4 Å². The van der Waals surface area contributed by atoms with E-state index in [1.54, 1.807) is 53.1 Å². The topological polar surface area (TPSA) is 170 Å². The van der Waals surface area contributed by atoms with Gasteiger partial charge in [-0.3, -0.25) is 10.2 Å². The van der Waals surface area contributed by atoms with E-state index in [1.165, 1.54) is 0 Å². The molecule has 180 valence electrons. The third-order valence-electron chi connectivity index (χ3n) is 6.42. The molecule has 8 N–H and O–H groups in total. The van der Waals surface area contributed by atoms with Crippen LogP contribution >= 0.6 is 0 Å². The van der Waals surface area contributed by atoms with E-state index in [9.17, 15) is 13.2 Å². The Labute approximate surface area is 198 Å². The van der Waals surface area contributed by atoms with Crippen molar-refractivity contribution < 1.29 is 13.2 Å². The third kappa shape index (κ3) is 4.78. The van der Waals surface area contributed by atoms with Crippen molar-refractivity contribution in [3.63, 3.8) is 0 Å². The van der Waals surface area contributed by atoms with Crippen LogP contribution in [0.2, 0.25) is 0 Å². The minimum Gasteiger partial charge on any atom is -0.396 e. The minimum absolute atomic E-state index is 0.0148. The molecule has 0 unspecified atom stereocenters. The number of nitrogens with two attached hydrogens (primary N) is 3. The van der Waals surface area contributed by atoms with Gasteiger partial charge in [-0.25, -0.2) is 8.42 Å². The fourth-order valence-corrected chi connectivity index (χ4v) is 5.73. The second-order valence-electron chi connectivity index (χ2n) is 8.78. The Morgan fingerprint density at radius 2 is 1.76 bits per heavy atom. The summed E-state index contributed by atoms with van der Waals surface area (Å²) in [5.41, 5.74) is 19.6. The zero-order chi connectivity index (χ0) is 24.5. The number of amides is 1. The molecule has 1 fully saturated rings. The summed E-state index contributed by atoms with van der Waals surface area (Å²) < 4.78 is 27.5. The maximum Gasteiger partial charge on any atom is 0.270 e. The van der Waals surface area contributed by atoms with Crippen molar-refractivity contribution in [3.05, 3.63) is 59.8 Å². The van der Waals surface area contributed by atoms with Gasteiger partial charge in [0.1, 0.15) is 11.5 Å². The number of nitrogen functional groups attached to an aromatic ring is 2. The molecule has 0 radical (unpaired) electrons. The molecule has 1 saturated carbocycles. The van der Waals surface area contributed by atoms with Gasteiger partial charge in [0.2, 0.25) is 0 Å². The monoisotopic (exact) mass is 482 g/mol. The van der Waals surface area contributed by atoms with E-state index < -0.39 is 9.84 Å². The molecule has 2 aromatic carbocycles. The van der Waals surface area contributed by atoms with Crippen LogP contribution in [0.4, 0.5) is 5.69 Å². The van der Waals surface area contributed by atoms with Gasteiger partial charge in [0.05, 0.1) is 21.9 Å². The van der Waals surface area contributed by atoms with Gasteiger partial charge in [0.15, 0.2) is 9.84 Å². The average Bonchev–Trinajstić information content (AvgIpc) is 3.11. The molecule has 1 aliphatic carbocycles. The Kier molecular flexibility index (Phi) is 6.63. The summed E-state index contributed by atoms with van der Waals surface area (Å²) in [4.78, 5) is 13.6. The first kappa shape index (κ1) is 23.8. The largest absolute Gasteiger partial charge is 0.396 e. The van der Waals surface area contributed by atoms with E-state index in [1.807, 2.05) is 0 Å². The summed E-state index contributed by atoms with van der Waals surface area (Å²) in [6.45, 7) is 0.0184. The molecule has 1 heterocycles. The number of hydrogen-bond donors (Lipinski definition) is 5. The highest BCUT2D eigenvalue weighted by Crippen LogP contribution is 2.30. The molecule has 1 amide bonds. The lowest BCUT2D eigenvalue weighted by molar-refractivity contribution is 0.0918. The summed E-state index contributed by atoms with van der Waals surface area (Å²) in [5, 5.41) is 11.4. The first-order valence-electron chi connectivity index (χ1n) is 11.3. The summed E-state index contributed by atoms with van der Waals surface area (Å²) in [7, 11) is -3.59. The Hall–Kier alpha value is -3.37. The number of rotatable bonds is 7. The van der Waals surface area contributed by atoms with Gasteiger partial charge in [-0.1, -0.05) is 24.3 Å². The molecule has 9 nitrogen and oxygen atoms in total. The summed E-state index contributed by atoms with van der Waals surface area (Å²) >= 11 is 0. The van der Waals surface area contributed by atoms with Crippen LogP contribution in [0.3, 0.4) is 0 Å². The molecule has 4 rings (SSSR count). The number of nitrogens with one attached hydrogen (secondary N) is 2. The van der Waals surface area contributed by atoms with Crippen LogP contribution < -0.4 is 22.5 Å². The molecule has 0 spiro atoms. The molecule has 0 aliphatic heterocycles. The van der Waals surface area contributed by atoms with E-state index in [4.69, 9.17) is 22.6 Å². The lowest BCUT2D eigenvalue weighted by Gasteiger charge is -2.27. The van der Waals surface area contributed by atoms with E-state index in [0.29, 0.717) is 16.5 Å². The van der Waals surface area contributed by atoms with Crippen molar-refractivity contribution in [2.45, 2.75) is 49.2 Å². The quantitative estimate of drug-likeness (QED) is 0.255. The number of aromatic nitrogens is 1. The van der Waals surface area contributed by atoms with Crippen molar-refractivity contribution in [2.24, 2.45) is 11.5 Å². The number of nitrogens with zero attached hydrogens (tertiary/aromatic N) is 1. The van der Waals surface area contributed by atoms with Crippen LogP contribution in [0.1, 0.15) is 41.7 Å². The second-order valence-corrected chi connectivity index (χ2v) is 10.9. The highest BCUT2D eigenvalue weighted by Gasteiger charge is 2.27. The molecule has 0 atom stereocenters. The lowest BCUT2D eigenvalue weighted by atomic mass is 9.92. The van der Waals surface area contributed by atoms with E-state index in [2.05, 4.69) is 5.32 Å². The molecule has 1 aliphatic rings. The molecular weight excluding hydrogens is 452 g/mol. The normalized spacial score (nSPS) is 18.6. The fraction of sp³-hybridized carbons (Fsp3) is 0.333. The summed E-state index contributed by atoms with van der Waals surface area (Å²) in [6, 6.07) is 13.4. The number of sulfone groups is 1. The van der Waals surface area contributed by atoms with Crippen LogP contribution in [0, 0.1) is 5.41 Å². The first-order valence-corrected chi connectivity index (χ1v) is 12.9. The van der Waals surface area contributed by atoms with Crippen LogP contribution in [0.15, 0.2) is 53.4 Å². The molecule has 34 heavy (non-hydrogen) atoms. The van der Waals surface area contributed by atoms with Crippen LogP contribution in [-0.4, -0.2) is 42.6 Å². The van der Waals surface area contributed by atoms with E-state index >= 15 is 0 Å². The Morgan fingerprint density at radius 1 is 1.09 bits per heavy atom. The van der Waals surface area contributed by atoms with Gasteiger partial charge in [0.25, 0.3) is 5.91 Å². The number of carbonyl (C=O) groups is 1. The van der Waals surface area contributed by atoms with Crippen molar-refractivity contribution >= 4 is 38.2 Å². The highest BCUT2D eigenvalue weighted by molar-refractivity contribution is 7.91. The highest BCUT2D eigenvalue weighted by atomic mass is 32.2. The Balaban J connectivity index is 1.72. The van der Waals surface area contributed by atoms with Crippen LogP contribution in [0.5, 0.6) is 0 Å². The molecule has 1 aromatic heterocycles. The molecule has 3 aromatic rings. The zero-order valence-corrected chi connectivity index (χ0v) is 19.6. The van der Waals surface area contributed by atoms with Crippen LogP contribution in [-0.2, 0) is 16.4 Å². The fourth-order valence-electron chi connectivity index (χ4n) is 4.50. The van der Waals surface area contributed by atoms with Crippen molar-refractivity contribution in [3.8, 4) is 0 Å². The summed E-state index contributed by atoms with van der Waals surface area (Å²) in [5.74, 6) is -0.700. The Bertz CT molecular complexity index is 1330. The lowest BCUT2D eigenvalue weighted by Crippen LogP contribution is -2.41. The van der Waals surface area contributed by atoms with Gasteiger partial charge in [-0.05, 0) is 49.9 Å². The predicted octanol–water partition coefficient (Wildman–Crippen LogP) is 1.98. The number of fused-ring (bicyclic) bond motifs is 1. The van der Waals surface area contributed by atoms with Crippen LogP contribution in [0.25, 0.3) is 10.9 Å². The second kappa shape index (κ2) is 9.47. The number of anilines is 1. The molecule has 0 bridgehead atoms. The minimum atomic E-state index is -3.59. The smallest absolute Gasteiger partial charge is 0.270 e. The van der Waals surface area contributed by atoms with Crippen molar-refractivity contribution in [2.75, 3.05) is 11.5 Å². The van der Waals surface area contributed by atoms with Gasteiger partial charge < -0.3 is 27.1 Å². The zero-order valence-electron chi connectivity index (χ0n) is 18.8. The van der Waals surface area contributed by atoms with E-state index in [0.717, 1.165) is 25.7 Å². The number of amidine groups is 1. The molecule has 10 heteroatoms. The number of carbonyl (C=O) groups excluding carboxylic acids is 1. The van der Waals surface area contributed by atoms with Gasteiger partial charge in [-0.2, -0.15) is 0 Å². The summed E-state index contributed by atoms with van der Waals surface area (Å²) in [6.07, 6.45) is 3.23. The number of hydrogen-bond acceptors (Lipinski definition) is 6. The molecule has 0 saturated heterocycles. The SMILES string of the molecule is N=C(N)c1ccc2c(N)c(C(=O)NC3CCC(N)CC3)n(CCS(=O)(=O)c3ccccc3)c2c1. The maximum absolute atomic E-state index is 13.4. The Morgan fingerprint density at radius 3 is 2.41 bits per heavy atom. The molecular formula is C24H30N6O3S. The van der Waals surface area contributed by atoms with Gasteiger partial charge in [0, 0.05) is 29.6 Å². The van der Waals surface area contributed by atoms with Gasteiger partial charge in [-0.15, -0.1) is 0 Å². The number of benzene rings is 2. The van der Waals surface area contributed by atoms with Gasteiger partial charge >= 0.3 is 0 Å². The van der Waals surface area contributed by atoms with Crippen molar-refractivity contribution in [1.82, 2.24) is 9.88 Å². The van der Waals surface area contributed by atoms with Crippen molar-refractivity contribution in [1.29, 1.82) is 5.41 Å². The third-order valence-corrected chi connectivity index (χ3v) is 8.13. The standard InChI is InChI=1S/C24H30N6O3S/c25-16-7-9-17(10-8-16)29-24(31)22-21(26)19-11-6-15(23(27)28)14-20(19)30(22)12-13-34(32,33)18-4-2-1-3-5-18/h1-6,11,14,16-17H,7-10,12-13,25-26H2,(H3,27,28)(H,29,31). The maximum atomic E-state index is 13.4.